The Balaban J connectivity index is 1.27. The molecule has 2 amide bonds. The highest BCUT2D eigenvalue weighted by atomic mass is 35.5. The Morgan fingerprint density at radius 1 is 1.00 bits per heavy atom. The van der Waals surface area contributed by atoms with E-state index in [9.17, 15) is 18.0 Å². The molecule has 0 spiro atoms. The zero-order valence-corrected chi connectivity index (χ0v) is 29.1. The van der Waals surface area contributed by atoms with Gasteiger partial charge in [-0.3, -0.25) is 19.4 Å². The van der Waals surface area contributed by atoms with Crippen LogP contribution >= 0.6 is 11.6 Å². The molecule has 2 aromatic carbocycles. The Morgan fingerprint density at radius 3 is 2.33 bits per heavy atom. The Kier molecular flexibility index (Phi) is 11.8. The van der Waals surface area contributed by atoms with Gasteiger partial charge in [0.2, 0.25) is 21.8 Å². The quantitative estimate of drug-likeness (QED) is 0.362. The van der Waals surface area contributed by atoms with Gasteiger partial charge >= 0.3 is 0 Å². The number of nitrogens with one attached hydrogen (secondary N) is 1. The number of hydrogen-bond donors (Lipinski definition) is 1. The van der Waals surface area contributed by atoms with Crippen molar-refractivity contribution in [1.82, 2.24) is 24.3 Å². The molecular formula is C35H50ClN5O4S. The molecule has 11 heteroatoms. The van der Waals surface area contributed by atoms with Gasteiger partial charge in [-0.05, 0) is 54.6 Å². The summed E-state index contributed by atoms with van der Waals surface area (Å²) in [6.07, 6.45) is 7.77. The summed E-state index contributed by atoms with van der Waals surface area (Å²) in [5.74, 6) is 0.226. The fourth-order valence-corrected chi connectivity index (χ4v) is 8.67. The highest BCUT2D eigenvalue weighted by Crippen LogP contribution is 2.34. The molecule has 9 nitrogen and oxygen atoms in total. The van der Waals surface area contributed by atoms with Crippen molar-refractivity contribution < 1.29 is 18.0 Å². The van der Waals surface area contributed by atoms with E-state index in [0.29, 0.717) is 56.6 Å². The predicted octanol–water partition coefficient (Wildman–Crippen LogP) is 4.32. The van der Waals surface area contributed by atoms with Crippen molar-refractivity contribution in [2.24, 2.45) is 5.92 Å². The minimum absolute atomic E-state index is 0.0302. The number of nitrogens with zero attached hydrogens (tertiary/aromatic N) is 4. The first-order chi connectivity index (χ1) is 22.0. The van der Waals surface area contributed by atoms with Crippen LogP contribution < -0.4 is 5.32 Å². The summed E-state index contributed by atoms with van der Waals surface area (Å²) in [4.78, 5) is 34.1. The van der Waals surface area contributed by atoms with Gasteiger partial charge < -0.3 is 10.2 Å². The van der Waals surface area contributed by atoms with Gasteiger partial charge in [0.05, 0.1) is 6.26 Å². The van der Waals surface area contributed by atoms with Crippen molar-refractivity contribution in [3.63, 3.8) is 0 Å². The molecule has 3 aliphatic rings. The molecule has 46 heavy (non-hydrogen) atoms. The number of fused-ring (bicyclic) bond motifs is 1. The molecular weight excluding hydrogens is 622 g/mol. The van der Waals surface area contributed by atoms with Gasteiger partial charge in [0.25, 0.3) is 0 Å². The number of benzene rings is 2. The van der Waals surface area contributed by atoms with Crippen molar-refractivity contribution in [3.8, 4) is 0 Å². The van der Waals surface area contributed by atoms with E-state index in [-0.39, 0.29) is 30.3 Å². The number of hydrogen-bond acceptors (Lipinski definition) is 6. The zero-order chi connectivity index (χ0) is 32.8. The molecule has 2 fully saturated rings. The number of carbonyl (C=O) groups excluding carboxylic acids is 2. The van der Waals surface area contributed by atoms with E-state index in [2.05, 4.69) is 27.2 Å². The second-order valence-corrected chi connectivity index (χ2v) is 15.7. The smallest absolute Gasteiger partial charge is 0.245 e. The van der Waals surface area contributed by atoms with E-state index < -0.39 is 16.1 Å². The number of piperazine rings is 1. The first kappa shape index (κ1) is 34.8. The first-order valence-electron chi connectivity index (χ1n) is 16.8. The van der Waals surface area contributed by atoms with E-state index in [1.807, 2.05) is 55.3 Å². The molecule has 1 saturated heterocycles. The molecule has 1 N–H and O–H groups in total. The molecule has 252 valence electrons. The number of rotatable bonds is 12. The number of carbonyl (C=O) groups is 2. The van der Waals surface area contributed by atoms with Crippen molar-refractivity contribution in [3.05, 3.63) is 70.2 Å². The van der Waals surface area contributed by atoms with Crippen molar-refractivity contribution >= 4 is 33.4 Å². The molecule has 0 aromatic heterocycles. The summed E-state index contributed by atoms with van der Waals surface area (Å²) in [6, 6.07) is 15.1. The molecule has 0 radical (unpaired) electrons. The van der Waals surface area contributed by atoms with Gasteiger partial charge in [0, 0.05) is 75.8 Å². The Bertz CT molecular complexity index is 1440. The minimum Gasteiger partial charge on any atom is -0.344 e. The largest absolute Gasteiger partial charge is 0.344 e. The summed E-state index contributed by atoms with van der Waals surface area (Å²) in [7, 11) is -1.27. The molecule has 2 heterocycles. The molecule has 5 rings (SSSR count). The number of amides is 2. The number of likely N-dealkylation sites (N-methyl/N-ethyl adjacent to an activating group) is 1. The van der Waals surface area contributed by atoms with Gasteiger partial charge in [-0.25, -0.2) is 12.7 Å². The van der Waals surface area contributed by atoms with Gasteiger partial charge in [-0.15, -0.1) is 0 Å². The van der Waals surface area contributed by atoms with E-state index in [0.717, 1.165) is 24.9 Å². The fourth-order valence-electron chi connectivity index (χ4n) is 7.65. The maximum Gasteiger partial charge on any atom is 0.245 e. The highest BCUT2D eigenvalue weighted by Gasteiger charge is 2.37. The molecule has 0 bridgehead atoms. The van der Waals surface area contributed by atoms with Crippen LogP contribution in [0.15, 0.2) is 48.5 Å². The molecule has 1 saturated carbocycles. The van der Waals surface area contributed by atoms with Crippen LogP contribution in [-0.2, 0) is 32.6 Å². The third-order valence-electron chi connectivity index (χ3n) is 10.2. The summed E-state index contributed by atoms with van der Waals surface area (Å²) >= 11 is 6.14. The fraction of sp³-hybridized carbons (Fsp3) is 0.600. The average molecular weight is 672 g/mol. The Labute approximate surface area is 280 Å². The van der Waals surface area contributed by atoms with Crippen LogP contribution in [0.4, 0.5) is 0 Å². The van der Waals surface area contributed by atoms with E-state index in [4.69, 9.17) is 11.6 Å². The van der Waals surface area contributed by atoms with Crippen LogP contribution in [0.3, 0.4) is 0 Å². The second-order valence-electron chi connectivity index (χ2n) is 13.3. The summed E-state index contributed by atoms with van der Waals surface area (Å²) in [5, 5.41) is 3.74. The predicted molar refractivity (Wildman–Crippen MR) is 183 cm³/mol. The van der Waals surface area contributed by atoms with Crippen LogP contribution in [0, 0.1) is 5.92 Å². The van der Waals surface area contributed by atoms with Crippen LogP contribution in [0.25, 0.3) is 0 Å². The monoisotopic (exact) mass is 671 g/mol. The van der Waals surface area contributed by atoms with Crippen molar-refractivity contribution in [1.29, 1.82) is 0 Å². The van der Waals surface area contributed by atoms with Crippen LogP contribution in [0.2, 0.25) is 5.02 Å². The lowest BCUT2D eigenvalue weighted by atomic mass is 9.83. The van der Waals surface area contributed by atoms with E-state index >= 15 is 0 Å². The molecule has 3 unspecified atom stereocenters. The summed E-state index contributed by atoms with van der Waals surface area (Å²) in [5.41, 5.74) is 3.34. The number of sulfonamides is 1. The van der Waals surface area contributed by atoms with Crippen LogP contribution in [-0.4, -0.2) is 104 Å². The maximum atomic E-state index is 14.1. The summed E-state index contributed by atoms with van der Waals surface area (Å²) in [6.45, 7) is 6.08. The third kappa shape index (κ3) is 8.69. The van der Waals surface area contributed by atoms with Gasteiger partial charge in [-0.2, -0.15) is 0 Å². The lowest BCUT2D eigenvalue weighted by Crippen LogP contribution is -2.59. The molecule has 2 aliphatic heterocycles. The van der Waals surface area contributed by atoms with E-state index in [1.54, 1.807) is 4.31 Å². The lowest BCUT2D eigenvalue weighted by Gasteiger charge is -2.45. The van der Waals surface area contributed by atoms with Gasteiger partial charge in [0.15, 0.2) is 0 Å². The van der Waals surface area contributed by atoms with Crippen LogP contribution in [0.1, 0.15) is 68.2 Å². The molecule has 1 aliphatic carbocycles. The molecule has 3 atom stereocenters. The minimum atomic E-state index is -3.31. The average Bonchev–Trinajstić information content (AvgIpc) is 3.36. The maximum absolute atomic E-state index is 14.1. The van der Waals surface area contributed by atoms with Crippen molar-refractivity contribution in [2.75, 3.05) is 52.6 Å². The summed E-state index contributed by atoms with van der Waals surface area (Å²) < 4.78 is 26.7. The molecule has 2 aromatic rings. The first-order valence-corrected chi connectivity index (χ1v) is 19.1. The Hall–Kier alpha value is -2.50. The lowest BCUT2D eigenvalue weighted by molar-refractivity contribution is -0.138. The standard InChI is InChI=1S/C35H50ClN5O4S/c1-4-41(46(3,44)45)25-33(27-10-6-5-7-11-27)39-18-20-40(21-19-39)35(43)31(22-26-14-16-29(36)17-15-26)37-34(42)23-32-30-13-9-8-12-28(30)24-38(32)2/h8-9,12-17,27,31-33H,4-7,10-11,18-25H2,1-3H3,(H,37,42). The van der Waals surface area contributed by atoms with Gasteiger partial charge in [0.1, 0.15) is 6.04 Å². The second kappa shape index (κ2) is 15.6. The Morgan fingerprint density at radius 2 is 1.67 bits per heavy atom. The highest BCUT2D eigenvalue weighted by molar-refractivity contribution is 7.88. The van der Waals surface area contributed by atoms with Crippen molar-refractivity contribution in [2.45, 2.75) is 76.5 Å². The van der Waals surface area contributed by atoms with Crippen LogP contribution in [0.5, 0.6) is 0 Å². The topological polar surface area (TPSA) is 93.3 Å². The SMILES string of the molecule is CCN(CC(C1CCCCC1)N1CCN(C(=O)C(Cc2ccc(Cl)cc2)NC(=O)CC2c3ccccc3CN2C)CC1)S(C)(=O)=O. The zero-order valence-electron chi connectivity index (χ0n) is 27.5. The van der Waals surface area contributed by atoms with Gasteiger partial charge in [-0.1, -0.05) is 74.2 Å². The normalized spacial score (nSPS) is 21.2. The number of halogens is 1. The van der Waals surface area contributed by atoms with E-state index in [1.165, 1.54) is 36.6 Å². The third-order valence-corrected chi connectivity index (χ3v) is 11.8.